The van der Waals surface area contributed by atoms with Crippen LogP contribution in [0.5, 0.6) is 0 Å². The van der Waals surface area contributed by atoms with Gasteiger partial charge >= 0.3 is 0 Å². The highest BCUT2D eigenvalue weighted by Crippen LogP contribution is 2.26. The summed E-state index contributed by atoms with van der Waals surface area (Å²) in [6.45, 7) is 2.44. The maximum atomic E-state index is 12.5. The van der Waals surface area contributed by atoms with Crippen molar-refractivity contribution in [3.63, 3.8) is 0 Å². The molecular formula is C19H20N2O2S. The highest BCUT2D eigenvalue weighted by atomic mass is 32.2. The Morgan fingerprint density at radius 1 is 1.12 bits per heavy atom. The first-order chi connectivity index (χ1) is 11.6. The van der Waals surface area contributed by atoms with Gasteiger partial charge in [-0.1, -0.05) is 17.7 Å². The molecule has 24 heavy (non-hydrogen) atoms. The van der Waals surface area contributed by atoms with Crippen LogP contribution in [0.2, 0.25) is 0 Å². The summed E-state index contributed by atoms with van der Waals surface area (Å²) in [5, 5.41) is 2.91. The molecule has 1 saturated heterocycles. The number of hydrogen-bond donors (Lipinski definition) is 1. The third-order valence-corrected chi connectivity index (χ3v) is 4.94. The first-order valence-corrected chi connectivity index (χ1v) is 9.11. The molecule has 0 saturated carbocycles. The Labute approximate surface area is 146 Å². The average Bonchev–Trinajstić information content (AvgIpc) is 2.98. The van der Waals surface area contributed by atoms with E-state index in [9.17, 15) is 9.59 Å². The van der Waals surface area contributed by atoms with Gasteiger partial charge in [-0.15, -0.1) is 11.8 Å². The number of amides is 2. The van der Waals surface area contributed by atoms with Gasteiger partial charge in [0.1, 0.15) is 0 Å². The Morgan fingerprint density at radius 2 is 1.79 bits per heavy atom. The summed E-state index contributed by atoms with van der Waals surface area (Å²) in [5.74, 6) is -0.425. The second-order valence-corrected chi connectivity index (χ2v) is 6.84. The summed E-state index contributed by atoms with van der Waals surface area (Å²) in [7, 11) is 0. The molecule has 0 bridgehead atoms. The molecule has 4 nitrogen and oxygen atoms in total. The van der Waals surface area contributed by atoms with Crippen LogP contribution in [0.15, 0.2) is 53.4 Å². The number of carbonyl (C=O) groups is 2. The van der Waals surface area contributed by atoms with Crippen molar-refractivity contribution in [2.45, 2.75) is 18.2 Å². The molecule has 3 rings (SSSR count). The Bertz CT molecular complexity index is 741. The molecule has 0 spiro atoms. The minimum atomic E-state index is -0.320. The standard InChI is InChI=1S/C19H20N2O2S/c1-13-3-7-16(8-4-13)21-12-14(11-18(21)22)19(23)20-15-5-9-17(24-2)10-6-15/h3-10,14H,11-12H2,1-2H3,(H,20,23). The Kier molecular flexibility index (Phi) is 4.90. The molecule has 0 aromatic heterocycles. The van der Waals surface area contributed by atoms with Gasteiger partial charge in [-0.3, -0.25) is 9.59 Å². The number of benzene rings is 2. The van der Waals surface area contributed by atoms with Crippen LogP contribution in [0, 0.1) is 12.8 Å². The molecule has 1 aliphatic rings. The number of thioether (sulfide) groups is 1. The third kappa shape index (κ3) is 3.62. The summed E-state index contributed by atoms with van der Waals surface area (Å²) in [6.07, 6.45) is 2.26. The number of carbonyl (C=O) groups excluding carboxylic acids is 2. The van der Waals surface area contributed by atoms with Crippen LogP contribution in [0.4, 0.5) is 11.4 Å². The van der Waals surface area contributed by atoms with E-state index < -0.39 is 0 Å². The average molecular weight is 340 g/mol. The van der Waals surface area contributed by atoms with E-state index in [0.717, 1.165) is 21.8 Å². The summed E-state index contributed by atoms with van der Waals surface area (Å²) < 4.78 is 0. The van der Waals surface area contributed by atoms with E-state index in [2.05, 4.69) is 5.32 Å². The molecule has 1 fully saturated rings. The van der Waals surface area contributed by atoms with Crippen molar-refractivity contribution in [1.29, 1.82) is 0 Å². The van der Waals surface area contributed by atoms with E-state index in [4.69, 9.17) is 0 Å². The van der Waals surface area contributed by atoms with E-state index >= 15 is 0 Å². The van der Waals surface area contributed by atoms with E-state index in [0.29, 0.717) is 6.54 Å². The summed E-state index contributed by atoms with van der Waals surface area (Å²) >= 11 is 1.66. The van der Waals surface area contributed by atoms with Gasteiger partial charge in [-0.25, -0.2) is 0 Å². The minimum absolute atomic E-state index is 0.00302. The molecule has 1 atom stereocenters. The lowest BCUT2D eigenvalue weighted by Crippen LogP contribution is -2.28. The highest BCUT2D eigenvalue weighted by molar-refractivity contribution is 7.98. The SMILES string of the molecule is CSc1ccc(NC(=O)C2CC(=O)N(c3ccc(C)cc3)C2)cc1. The smallest absolute Gasteiger partial charge is 0.229 e. The first kappa shape index (κ1) is 16.6. The normalized spacial score (nSPS) is 17.2. The lowest BCUT2D eigenvalue weighted by Gasteiger charge is -2.17. The van der Waals surface area contributed by atoms with E-state index in [1.807, 2.05) is 61.7 Å². The Hall–Kier alpha value is -2.27. The van der Waals surface area contributed by atoms with Crippen molar-refractivity contribution in [2.24, 2.45) is 5.92 Å². The van der Waals surface area contributed by atoms with Crippen molar-refractivity contribution in [1.82, 2.24) is 0 Å². The number of nitrogens with zero attached hydrogens (tertiary/aromatic N) is 1. The number of nitrogens with one attached hydrogen (secondary N) is 1. The van der Waals surface area contributed by atoms with Crippen LogP contribution < -0.4 is 10.2 Å². The van der Waals surface area contributed by atoms with E-state index in [1.54, 1.807) is 16.7 Å². The van der Waals surface area contributed by atoms with Gasteiger partial charge in [0.25, 0.3) is 0 Å². The van der Waals surface area contributed by atoms with Gasteiger partial charge in [0, 0.05) is 29.2 Å². The highest BCUT2D eigenvalue weighted by Gasteiger charge is 2.35. The minimum Gasteiger partial charge on any atom is -0.326 e. The predicted molar refractivity (Wildman–Crippen MR) is 98.5 cm³/mol. The van der Waals surface area contributed by atoms with Crippen molar-refractivity contribution in [3.8, 4) is 0 Å². The van der Waals surface area contributed by atoms with Gasteiger partial charge in [-0.05, 0) is 49.6 Å². The molecule has 1 heterocycles. The number of hydrogen-bond acceptors (Lipinski definition) is 3. The van der Waals surface area contributed by atoms with Gasteiger partial charge in [0.15, 0.2) is 0 Å². The lowest BCUT2D eigenvalue weighted by molar-refractivity contribution is -0.122. The number of aryl methyl sites for hydroxylation is 1. The van der Waals surface area contributed by atoms with Crippen LogP contribution in [-0.2, 0) is 9.59 Å². The third-order valence-electron chi connectivity index (χ3n) is 4.20. The van der Waals surface area contributed by atoms with E-state index in [1.165, 1.54) is 0 Å². The number of rotatable bonds is 4. The monoisotopic (exact) mass is 340 g/mol. The molecular weight excluding hydrogens is 320 g/mol. The maximum Gasteiger partial charge on any atom is 0.229 e. The Morgan fingerprint density at radius 3 is 2.42 bits per heavy atom. The summed E-state index contributed by atoms with van der Waals surface area (Å²) in [4.78, 5) is 27.5. The zero-order valence-corrected chi connectivity index (χ0v) is 14.6. The fourth-order valence-electron chi connectivity index (χ4n) is 2.78. The van der Waals surface area contributed by atoms with Crippen molar-refractivity contribution in [3.05, 3.63) is 54.1 Å². The molecule has 2 amide bonds. The lowest BCUT2D eigenvalue weighted by atomic mass is 10.1. The summed E-state index contributed by atoms with van der Waals surface area (Å²) in [6, 6.07) is 15.5. The molecule has 1 N–H and O–H groups in total. The van der Waals surface area contributed by atoms with Crippen molar-refractivity contribution in [2.75, 3.05) is 23.0 Å². The topological polar surface area (TPSA) is 49.4 Å². The molecule has 124 valence electrons. The molecule has 0 aliphatic carbocycles. The van der Waals surface area contributed by atoms with Crippen LogP contribution in [-0.4, -0.2) is 24.6 Å². The first-order valence-electron chi connectivity index (χ1n) is 7.89. The zero-order chi connectivity index (χ0) is 17.1. The quantitative estimate of drug-likeness (QED) is 0.863. The second-order valence-electron chi connectivity index (χ2n) is 5.96. The maximum absolute atomic E-state index is 12.5. The Balaban J connectivity index is 1.66. The molecule has 1 aliphatic heterocycles. The van der Waals surface area contributed by atoms with Crippen LogP contribution in [0.25, 0.3) is 0 Å². The second kappa shape index (κ2) is 7.09. The molecule has 0 radical (unpaired) electrons. The van der Waals surface area contributed by atoms with Gasteiger partial charge in [-0.2, -0.15) is 0 Å². The van der Waals surface area contributed by atoms with Crippen LogP contribution >= 0.6 is 11.8 Å². The zero-order valence-electron chi connectivity index (χ0n) is 13.8. The largest absolute Gasteiger partial charge is 0.326 e. The fraction of sp³-hybridized carbons (Fsp3) is 0.263. The van der Waals surface area contributed by atoms with E-state index in [-0.39, 0.29) is 24.2 Å². The van der Waals surface area contributed by atoms with Crippen LogP contribution in [0.3, 0.4) is 0 Å². The van der Waals surface area contributed by atoms with Gasteiger partial charge < -0.3 is 10.2 Å². The van der Waals surface area contributed by atoms with Gasteiger partial charge in [0.2, 0.25) is 11.8 Å². The fourth-order valence-corrected chi connectivity index (χ4v) is 3.18. The summed E-state index contributed by atoms with van der Waals surface area (Å²) in [5.41, 5.74) is 2.76. The van der Waals surface area contributed by atoms with Gasteiger partial charge in [0.05, 0.1) is 5.92 Å². The van der Waals surface area contributed by atoms with Crippen molar-refractivity contribution < 1.29 is 9.59 Å². The molecule has 2 aromatic carbocycles. The number of anilines is 2. The van der Waals surface area contributed by atoms with Crippen molar-refractivity contribution >= 4 is 35.0 Å². The molecule has 1 unspecified atom stereocenters. The molecule has 5 heteroatoms. The van der Waals surface area contributed by atoms with Crippen LogP contribution in [0.1, 0.15) is 12.0 Å². The predicted octanol–water partition coefficient (Wildman–Crippen LogP) is 3.71. The molecule has 2 aromatic rings.